The SMILES string of the molecule is CC(=O)N1CCN(Cc2cc(C#N)n(C)c2)C[C@@H](O)C1. The largest absolute Gasteiger partial charge is 0.390 e. The summed E-state index contributed by atoms with van der Waals surface area (Å²) in [5.41, 5.74) is 1.67. The number of carbonyl (C=O) groups is 1. The second kappa shape index (κ2) is 6.07. The number of hydrogen-bond donors (Lipinski definition) is 1. The number of aliphatic hydroxyl groups excluding tert-OH is 1. The Morgan fingerprint density at radius 3 is 2.85 bits per heavy atom. The molecule has 1 fully saturated rings. The van der Waals surface area contributed by atoms with Crippen molar-refractivity contribution < 1.29 is 9.90 Å². The lowest BCUT2D eigenvalue weighted by atomic mass is 10.2. The predicted molar refractivity (Wildman–Crippen MR) is 73.7 cm³/mol. The second-order valence-corrected chi connectivity index (χ2v) is 5.31. The normalized spacial score (nSPS) is 20.5. The quantitative estimate of drug-likeness (QED) is 0.820. The fourth-order valence-corrected chi connectivity index (χ4v) is 2.57. The molecule has 6 nitrogen and oxygen atoms in total. The van der Waals surface area contributed by atoms with E-state index in [0.717, 1.165) is 12.1 Å². The van der Waals surface area contributed by atoms with Crippen LogP contribution in [0, 0.1) is 11.3 Å². The van der Waals surface area contributed by atoms with Gasteiger partial charge in [-0.15, -0.1) is 0 Å². The van der Waals surface area contributed by atoms with Crippen LogP contribution in [0.5, 0.6) is 0 Å². The molecule has 1 N–H and O–H groups in total. The molecule has 0 saturated carbocycles. The van der Waals surface area contributed by atoms with Gasteiger partial charge >= 0.3 is 0 Å². The summed E-state index contributed by atoms with van der Waals surface area (Å²) in [4.78, 5) is 15.2. The zero-order valence-electron chi connectivity index (χ0n) is 11.9. The van der Waals surface area contributed by atoms with Gasteiger partial charge in [0, 0.05) is 52.9 Å². The highest BCUT2D eigenvalue weighted by atomic mass is 16.3. The molecule has 1 saturated heterocycles. The van der Waals surface area contributed by atoms with Crippen molar-refractivity contribution in [2.24, 2.45) is 7.05 Å². The van der Waals surface area contributed by atoms with Crippen molar-refractivity contribution in [1.82, 2.24) is 14.4 Å². The van der Waals surface area contributed by atoms with Gasteiger partial charge in [-0.05, 0) is 11.6 Å². The lowest BCUT2D eigenvalue weighted by Gasteiger charge is -2.20. The molecule has 0 bridgehead atoms. The predicted octanol–water partition coefficient (Wildman–Crippen LogP) is -0.0782. The van der Waals surface area contributed by atoms with E-state index >= 15 is 0 Å². The van der Waals surface area contributed by atoms with E-state index in [1.165, 1.54) is 6.92 Å². The first-order valence-electron chi connectivity index (χ1n) is 6.71. The first kappa shape index (κ1) is 14.6. The highest BCUT2D eigenvalue weighted by Gasteiger charge is 2.22. The molecule has 0 unspecified atom stereocenters. The maximum Gasteiger partial charge on any atom is 0.219 e. The van der Waals surface area contributed by atoms with Crippen molar-refractivity contribution in [2.75, 3.05) is 26.2 Å². The fourth-order valence-electron chi connectivity index (χ4n) is 2.57. The van der Waals surface area contributed by atoms with Crippen LogP contribution in [0.2, 0.25) is 0 Å². The van der Waals surface area contributed by atoms with Crippen molar-refractivity contribution in [3.63, 3.8) is 0 Å². The Bertz CT molecular complexity index is 532. The number of aryl methyl sites for hydroxylation is 1. The highest BCUT2D eigenvalue weighted by molar-refractivity contribution is 5.73. The van der Waals surface area contributed by atoms with Crippen LogP contribution in [-0.2, 0) is 18.4 Å². The van der Waals surface area contributed by atoms with Crippen molar-refractivity contribution in [3.05, 3.63) is 23.5 Å². The summed E-state index contributed by atoms with van der Waals surface area (Å²) in [6.07, 6.45) is 1.40. The van der Waals surface area contributed by atoms with Crippen LogP contribution in [0.15, 0.2) is 12.3 Å². The summed E-state index contributed by atoms with van der Waals surface area (Å²) < 4.78 is 1.80. The van der Waals surface area contributed by atoms with E-state index in [-0.39, 0.29) is 5.91 Å². The average Bonchev–Trinajstić information content (AvgIpc) is 2.61. The van der Waals surface area contributed by atoms with Crippen molar-refractivity contribution in [1.29, 1.82) is 5.26 Å². The van der Waals surface area contributed by atoms with Crippen molar-refractivity contribution in [2.45, 2.75) is 19.6 Å². The Morgan fingerprint density at radius 1 is 1.50 bits per heavy atom. The molecule has 0 aliphatic carbocycles. The van der Waals surface area contributed by atoms with E-state index in [1.807, 2.05) is 19.3 Å². The summed E-state index contributed by atoms with van der Waals surface area (Å²) in [5, 5.41) is 18.9. The number of rotatable bonds is 2. The molecule has 6 heteroatoms. The van der Waals surface area contributed by atoms with Crippen LogP contribution in [0.4, 0.5) is 0 Å². The van der Waals surface area contributed by atoms with Gasteiger partial charge in [0.15, 0.2) is 0 Å². The van der Waals surface area contributed by atoms with Crippen LogP contribution in [-0.4, -0.2) is 57.7 Å². The first-order chi connectivity index (χ1) is 9.49. The minimum absolute atomic E-state index is 0.00243. The van der Waals surface area contributed by atoms with Crippen LogP contribution < -0.4 is 0 Å². The number of aliphatic hydroxyl groups is 1. The third-order valence-electron chi connectivity index (χ3n) is 3.61. The van der Waals surface area contributed by atoms with Crippen LogP contribution >= 0.6 is 0 Å². The highest BCUT2D eigenvalue weighted by Crippen LogP contribution is 2.12. The van der Waals surface area contributed by atoms with Gasteiger partial charge in [0.1, 0.15) is 11.8 Å². The van der Waals surface area contributed by atoms with Gasteiger partial charge in [-0.1, -0.05) is 0 Å². The molecule has 20 heavy (non-hydrogen) atoms. The summed E-state index contributed by atoms with van der Waals surface area (Å²) in [6, 6.07) is 4.00. The summed E-state index contributed by atoms with van der Waals surface area (Å²) >= 11 is 0. The number of nitriles is 1. The van der Waals surface area contributed by atoms with Crippen LogP contribution in [0.25, 0.3) is 0 Å². The number of amides is 1. The summed E-state index contributed by atoms with van der Waals surface area (Å²) in [5.74, 6) is -0.00243. The first-order valence-corrected chi connectivity index (χ1v) is 6.71. The molecular weight excluding hydrogens is 256 g/mol. The Balaban J connectivity index is 2.02. The molecule has 1 aromatic rings. The molecule has 0 spiro atoms. The van der Waals surface area contributed by atoms with E-state index < -0.39 is 6.10 Å². The second-order valence-electron chi connectivity index (χ2n) is 5.31. The molecule has 2 rings (SSSR count). The molecule has 1 amide bonds. The lowest BCUT2D eigenvalue weighted by molar-refractivity contribution is -0.129. The monoisotopic (exact) mass is 276 g/mol. The topological polar surface area (TPSA) is 72.5 Å². The molecule has 0 radical (unpaired) electrons. The Labute approximate surface area is 118 Å². The Kier molecular flexibility index (Phi) is 4.42. The zero-order chi connectivity index (χ0) is 14.7. The smallest absolute Gasteiger partial charge is 0.219 e. The third kappa shape index (κ3) is 3.38. The van der Waals surface area contributed by atoms with Gasteiger partial charge in [-0.3, -0.25) is 9.69 Å². The van der Waals surface area contributed by atoms with E-state index in [9.17, 15) is 9.90 Å². The zero-order valence-corrected chi connectivity index (χ0v) is 11.9. The number of nitrogens with zero attached hydrogens (tertiary/aromatic N) is 4. The Morgan fingerprint density at radius 2 is 2.25 bits per heavy atom. The van der Waals surface area contributed by atoms with E-state index in [1.54, 1.807) is 9.47 Å². The maximum atomic E-state index is 11.4. The minimum atomic E-state index is -0.527. The lowest BCUT2D eigenvalue weighted by Crippen LogP contribution is -2.36. The molecule has 1 aromatic heterocycles. The standard InChI is InChI=1S/C14H20N4O2/c1-11(19)18-4-3-17(9-14(20)10-18)8-12-5-13(6-15)16(2)7-12/h5,7,14,20H,3-4,8-10H2,1-2H3/t14-/m1/s1. The van der Waals surface area contributed by atoms with Crippen molar-refractivity contribution >= 4 is 5.91 Å². The van der Waals surface area contributed by atoms with Gasteiger partial charge in [0.25, 0.3) is 0 Å². The maximum absolute atomic E-state index is 11.4. The number of aromatic nitrogens is 1. The molecular formula is C14H20N4O2. The molecule has 2 heterocycles. The van der Waals surface area contributed by atoms with Gasteiger partial charge in [-0.2, -0.15) is 5.26 Å². The minimum Gasteiger partial charge on any atom is -0.390 e. The van der Waals surface area contributed by atoms with Crippen molar-refractivity contribution in [3.8, 4) is 6.07 Å². The van der Waals surface area contributed by atoms with Gasteiger partial charge in [0.05, 0.1) is 6.10 Å². The molecule has 1 atom stereocenters. The Hall–Kier alpha value is -1.84. The molecule has 1 aliphatic rings. The molecule has 108 valence electrons. The van der Waals surface area contributed by atoms with E-state index in [0.29, 0.717) is 31.9 Å². The van der Waals surface area contributed by atoms with E-state index in [2.05, 4.69) is 11.0 Å². The van der Waals surface area contributed by atoms with Gasteiger partial charge in [-0.25, -0.2) is 0 Å². The molecule has 0 aromatic carbocycles. The molecule has 1 aliphatic heterocycles. The third-order valence-corrected chi connectivity index (χ3v) is 3.61. The number of hydrogen-bond acceptors (Lipinski definition) is 4. The van der Waals surface area contributed by atoms with E-state index in [4.69, 9.17) is 5.26 Å². The number of β-amino-alcohol motifs (C(OH)–C–C–N with tert-alkyl or cyclic N) is 1. The fraction of sp³-hybridized carbons (Fsp3) is 0.571. The summed E-state index contributed by atoms with van der Waals surface area (Å²) in [7, 11) is 1.84. The summed E-state index contributed by atoms with van der Waals surface area (Å²) in [6.45, 7) is 4.50. The van der Waals surface area contributed by atoms with Gasteiger partial charge in [0.2, 0.25) is 5.91 Å². The van der Waals surface area contributed by atoms with Crippen LogP contribution in [0.3, 0.4) is 0 Å². The number of carbonyl (C=O) groups excluding carboxylic acids is 1. The average molecular weight is 276 g/mol. The van der Waals surface area contributed by atoms with Gasteiger partial charge < -0.3 is 14.6 Å². The van der Waals surface area contributed by atoms with Crippen LogP contribution in [0.1, 0.15) is 18.2 Å².